The number of hydrogen-bond donors (Lipinski definition) is 2. The minimum absolute atomic E-state index is 0.0693. The summed E-state index contributed by atoms with van der Waals surface area (Å²) in [5, 5.41) is 15.0. The highest BCUT2D eigenvalue weighted by molar-refractivity contribution is 9.10. The maximum absolute atomic E-state index is 13.4. The number of carboxylic acid groups (broad SMARTS) is 1. The molecule has 0 saturated carbocycles. The van der Waals surface area contributed by atoms with Crippen molar-refractivity contribution in [3.8, 4) is 17.0 Å². The van der Waals surface area contributed by atoms with Gasteiger partial charge in [0.1, 0.15) is 17.3 Å². The number of carbonyl (C=O) groups is 1. The number of aromatic carboxylic acids is 1. The Labute approximate surface area is 110 Å². The average molecular weight is 315 g/mol. The van der Waals surface area contributed by atoms with Crippen molar-refractivity contribution >= 4 is 21.9 Å². The van der Waals surface area contributed by atoms with Crippen LogP contribution in [0.15, 0.2) is 22.7 Å². The summed E-state index contributed by atoms with van der Waals surface area (Å²) in [6.07, 6.45) is 0. The summed E-state index contributed by atoms with van der Waals surface area (Å²) in [4.78, 5) is 10.7. The molecule has 0 aliphatic carbocycles. The molecule has 0 aliphatic heterocycles. The van der Waals surface area contributed by atoms with Crippen LogP contribution in [0.2, 0.25) is 0 Å². The van der Waals surface area contributed by atoms with E-state index in [9.17, 15) is 9.18 Å². The van der Waals surface area contributed by atoms with Gasteiger partial charge < -0.3 is 9.84 Å². The molecule has 94 valence electrons. The number of carboxylic acids is 1. The summed E-state index contributed by atoms with van der Waals surface area (Å²) in [7, 11) is 1.41. The van der Waals surface area contributed by atoms with Gasteiger partial charge in [-0.2, -0.15) is 5.10 Å². The lowest BCUT2D eigenvalue weighted by Gasteiger charge is -2.07. The van der Waals surface area contributed by atoms with Crippen LogP contribution in [0.3, 0.4) is 0 Å². The Kier molecular flexibility index (Phi) is 3.33. The number of rotatable bonds is 3. The van der Waals surface area contributed by atoms with E-state index in [2.05, 4.69) is 26.1 Å². The Morgan fingerprint density at radius 1 is 1.50 bits per heavy atom. The van der Waals surface area contributed by atoms with E-state index in [-0.39, 0.29) is 5.69 Å². The van der Waals surface area contributed by atoms with Gasteiger partial charge in [-0.1, -0.05) is 0 Å². The molecule has 7 heteroatoms. The number of nitrogens with zero attached hydrogens (tertiary/aromatic N) is 1. The van der Waals surface area contributed by atoms with E-state index in [1.54, 1.807) is 0 Å². The third-order valence-electron chi connectivity index (χ3n) is 2.31. The number of methoxy groups -OCH3 is 1. The molecule has 0 amide bonds. The average Bonchev–Trinajstić information content (AvgIpc) is 2.81. The summed E-state index contributed by atoms with van der Waals surface area (Å²) >= 11 is 3.27. The van der Waals surface area contributed by atoms with E-state index in [0.29, 0.717) is 21.5 Å². The van der Waals surface area contributed by atoms with Crippen LogP contribution in [-0.2, 0) is 0 Å². The first-order valence-corrected chi connectivity index (χ1v) is 5.64. The van der Waals surface area contributed by atoms with Gasteiger partial charge in [-0.05, 0) is 28.1 Å². The predicted molar refractivity (Wildman–Crippen MR) is 65.2 cm³/mol. The molecule has 1 aromatic carbocycles. The van der Waals surface area contributed by atoms with Crippen molar-refractivity contribution in [2.24, 2.45) is 0 Å². The molecule has 0 spiro atoms. The molecule has 0 atom stereocenters. The molecular formula is C11H8BrFN2O3. The van der Waals surface area contributed by atoms with E-state index in [1.165, 1.54) is 25.3 Å². The summed E-state index contributed by atoms with van der Waals surface area (Å²) in [5.74, 6) is -1.32. The third kappa shape index (κ3) is 2.21. The van der Waals surface area contributed by atoms with Crippen molar-refractivity contribution in [1.29, 1.82) is 0 Å². The molecule has 2 N–H and O–H groups in total. The van der Waals surface area contributed by atoms with E-state index in [0.717, 1.165) is 0 Å². The van der Waals surface area contributed by atoms with Crippen LogP contribution >= 0.6 is 15.9 Å². The molecule has 1 aromatic heterocycles. The molecule has 0 fully saturated rings. The SMILES string of the molecule is COc1cc(F)cc(-c2cc(C(=O)O)[nH]n2)c1Br. The Bertz CT molecular complexity index is 612. The van der Waals surface area contributed by atoms with Gasteiger partial charge in [0.15, 0.2) is 0 Å². The highest BCUT2D eigenvalue weighted by atomic mass is 79.9. The van der Waals surface area contributed by atoms with Crippen LogP contribution in [0.4, 0.5) is 4.39 Å². The smallest absolute Gasteiger partial charge is 0.353 e. The Balaban J connectivity index is 2.55. The fourth-order valence-electron chi connectivity index (χ4n) is 1.47. The van der Waals surface area contributed by atoms with Crippen LogP contribution in [0.25, 0.3) is 11.3 Å². The minimum atomic E-state index is -1.13. The number of hydrogen-bond acceptors (Lipinski definition) is 3. The maximum atomic E-state index is 13.4. The molecule has 18 heavy (non-hydrogen) atoms. The Morgan fingerprint density at radius 2 is 2.22 bits per heavy atom. The molecule has 5 nitrogen and oxygen atoms in total. The van der Waals surface area contributed by atoms with Gasteiger partial charge in [0.05, 0.1) is 17.3 Å². The fraction of sp³-hybridized carbons (Fsp3) is 0.0909. The zero-order valence-corrected chi connectivity index (χ0v) is 10.8. The first kappa shape index (κ1) is 12.6. The zero-order chi connectivity index (χ0) is 13.3. The van der Waals surface area contributed by atoms with Crippen LogP contribution in [0.1, 0.15) is 10.5 Å². The van der Waals surface area contributed by atoms with Crippen molar-refractivity contribution in [3.05, 3.63) is 34.2 Å². The normalized spacial score (nSPS) is 10.4. The zero-order valence-electron chi connectivity index (χ0n) is 9.20. The van der Waals surface area contributed by atoms with Gasteiger partial charge in [-0.3, -0.25) is 5.10 Å². The van der Waals surface area contributed by atoms with Gasteiger partial charge in [-0.15, -0.1) is 0 Å². The summed E-state index contributed by atoms with van der Waals surface area (Å²) in [6.45, 7) is 0. The summed E-state index contributed by atoms with van der Waals surface area (Å²) in [6, 6.07) is 3.79. The number of aromatic nitrogens is 2. The highest BCUT2D eigenvalue weighted by Crippen LogP contribution is 2.35. The summed E-state index contributed by atoms with van der Waals surface area (Å²) < 4.78 is 18.9. The maximum Gasteiger partial charge on any atom is 0.353 e. The Morgan fingerprint density at radius 3 is 2.78 bits per heavy atom. The fourth-order valence-corrected chi connectivity index (χ4v) is 2.06. The largest absolute Gasteiger partial charge is 0.495 e. The van der Waals surface area contributed by atoms with Crippen LogP contribution < -0.4 is 4.74 Å². The minimum Gasteiger partial charge on any atom is -0.495 e. The first-order valence-electron chi connectivity index (χ1n) is 4.85. The van der Waals surface area contributed by atoms with Crippen molar-refractivity contribution in [2.75, 3.05) is 7.11 Å². The highest BCUT2D eigenvalue weighted by Gasteiger charge is 2.15. The molecule has 0 bridgehead atoms. The van der Waals surface area contributed by atoms with E-state index < -0.39 is 11.8 Å². The van der Waals surface area contributed by atoms with E-state index in [4.69, 9.17) is 9.84 Å². The van der Waals surface area contributed by atoms with E-state index in [1.807, 2.05) is 0 Å². The molecule has 1 heterocycles. The van der Waals surface area contributed by atoms with Gasteiger partial charge in [-0.25, -0.2) is 9.18 Å². The van der Waals surface area contributed by atoms with Gasteiger partial charge in [0.25, 0.3) is 0 Å². The van der Waals surface area contributed by atoms with Crippen LogP contribution in [0, 0.1) is 5.82 Å². The molecule has 2 rings (SSSR count). The number of nitrogens with one attached hydrogen (secondary N) is 1. The second-order valence-corrected chi connectivity index (χ2v) is 4.23. The molecule has 0 saturated heterocycles. The number of aromatic amines is 1. The quantitative estimate of drug-likeness (QED) is 0.913. The van der Waals surface area contributed by atoms with Crippen molar-refractivity contribution in [3.63, 3.8) is 0 Å². The van der Waals surface area contributed by atoms with Gasteiger partial charge >= 0.3 is 5.97 Å². The third-order valence-corrected chi connectivity index (χ3v) is 3.13. The molecule has 2 aromatic rings. The Hall–Kier alpha value is -1.89. The molecule has 0 aliphatic rings. The second kappa shape index (κ2) is 4.77. The number of ether oxygens (including phenoxy) is 1. The van der Waals surface area contributed by atoms with Crippen LogP contribution in [-0.4, -0.2) is 28.4 Å². The predicted octanol–water partition coefficient (Wildman–Crippen LogP) is 2.69. The number of halogens is 2. The standard InChI is InChI=1S/C11H8BrFN2O3/c1-18-9-3-5(13)2-6(10(9)12)7-4-8(11(16)17)15-14-7/h2-4H,1H3,(H,14,15)(H,16,17). The van der Waals surface area contributed by atoms with E-state index >= 15 is 0 Å². The van der Waals surface area contributed by atoms with Crippen molar-refractivity contribution < 1.29 is 19.0 Å². The lowest BCUT2D eigenvalue weighted by molar-refractivity contribution is 0.0690. The number of H-pyrrole nitrogens is 1. The lowest BCUT2D eigenvalue weighted by atomic mass is 10.1. The first-order chi connectivity index (χ1) is 8.52. The number of benzene rings is 1. The summed E-state index contributed by atoms with van der Waals surface area (Å²) in [5.41, 5.74) is 0.660. The van der Waals surface area contributed by atoms with Crippen molar-refractivity contribution in [1.82, 2.24) is 10.2 Å². The van der Waals surface area contributed by atoms with Crippen molar-refractivity contribution in [2.45, 2.75) is 0 Å². The monoisotopic (exact) mass is 314 g/mol. The second-order valence-electron chi connectivity index (χ2n) is 3.44. The lowest BCUT2D eigenvalue weighted by Crippen LogP contribution is -1.95. The van der Waals surface area contributed by atoms with Gasteiger partial charge in [0.2, 0.25) is 0 Å². The van der Waals surface area contributed by atoms with Crippen LogP contribution in [0.5, 0.6) is 5.75 Å². The molecule has 0 radical (unpaired) electrons. The van der Waals surface area contributed by atoms with Gasteiger partial charge in [0, 0.05) is 11.6 Å². The molecule has 0 unspecified atom stereocenters. The topological polar surface area (TPSA) is 75.2 Å². The molecular weight excluding hydrogens is 307 g/mol.